The van der Waals surface area contributed by atoms with E-state index >= 15 is 0 Å². The molecule has 0 bridgehead atoms. The molecule has 2 unspecified atom stereocenters. The first-order valence-electron chi connectivity index (χ1n) is 6.58. The summed E-state index contributed by atoms with van der Waals surface area (Å²) < 4.78 is 10.7. The van der Waals surface area contributed by atoms with E-state index in [9.17, 15) is 0 Å². The van der Waals surface area contributed by atoms with Gasteiger partial charge in [0, 0.05) is 30.7 Å². The predicted octanol–water partition coefficient (Wildman–Crippen LogP) is 2.55. The second kappa shape index (κ2) is 6.44. The Hall–Kier alpha value is -1.00. The van der Waals surface area contributed by atoms with Gasteiger partial charge in [-0.25, -0.2) is 0 Å². The number of likely N-dealkylation sites (tertiary alicyclic amines) is 1. The number of alkyl halides is 1. The summed E-state index contributed by atoms with van der Waals surface area (Å²) in [6, 6.07) is 1.81. The highest BCUT2D eigenvalue weighted by atomic mass is 35.5. The minimum absolute atomic E-state index is 0.213. The fourth-order valence-electron chi connectivity index (χ4n) is 2.40. The molecule has 0 spiro atoms. The molecule has 1 saturated heterocycles. The van der Waals surface area contributed by atoms with Crippen molar-refractivity contribution in [2.24, 2.45) is 5.92 Å². The maximum Gasteiger partial charge on any atom is 0.183 e. The molecule has 19 heavy (non-hydrogen) atoms. The average molecular weight is 285 g/mol. The summed E-state index contributed by atoms with van der Waals surface area (Å²) >= 11 is 6.34. The molecule has 1 aromatic rings. The highest BCUT2D eigenvalue weighted by Crippen LogP contribution is 2.31. The van der Waals surface area contributed by atoms with E-state index < -0.39 is 0 Å². The van der Waals surface area contributed by atoms with Gasteiger partial charge >= 0.3 is 0 Å². The van der Waals surface area contributed by atoms with Crippen molar-refractivity contribution in [2.45, 2.75) is 25.3 Å². The Morgan fingerprint density at radius 2 is 2.21 bits per heavy atom. The molecule has 2 rings (SSSR count). The van der Waals surface area contributed by atoms with Crippen LogP contribution in [0.1, 0.15) is 19.0 Å². The van der Waals surface area contributed by atoms with Gasteiger partial charge in [-0.05, 0) is 18.9 Å². The van der Waals surface area contributed by atoms with E-state index in [1.54, 1.807) is 20.4 Å². The number of piperidine rings is 1. The van der Waals surface area contributed by atoms with Gasteiger partial charge < -0.3 is 9.47 Å². The third-order valence-corrected chi connectivity index (χ3v) is 4.26. The first-order chi connectivity index (χ1) is 9.15. The quantitative estimate of drug-likeness (QED) is 0.796. The molecule has 1 aliphatic heterocycles. The van der Waals surface area contributed by atoms with E-state index in [1.165, 1.54) is 0 Å². The van der Waals surface area contributed by atoms with Crippen LogP contribution in [0.15, 0.2) is 12.3 Å². The topological polar surface area (TPSA) is 34.6 Å². The first kappa shape index (κ1) is 14.4. The monoisotopic (exact) mass is 284 g/mol. The Morgan fingerprint density at radius 1 is 1.42 bits per heavy atom. The summed E-state index contributed by atoms with van der Waals surface area (Å²) in [7, 11) is 3.28. The van der Waals surface area contributed by atoms with Crippen molar-refractivity contribution in [3.8, 4) is 11.5 Å². The van der Waals surface area contributed by atoms with Gasteiger partial charge in [-0.3, -0.25) is 9.88 Å². The lowest BCUT2D eigenvalue weighted by atomic mass is 9.98. The zero-order valence-electron chi connectivity index (χ0n) is 11.7. The summed E-state index contributed by atoms with van der Waals surface area (Å²) in [4.78, 5) is 6.73. The molecule has 0 amide bonds. The number of hydrogen-bond acceptors (Lipinski definition) is 4. The number of nitrogens with zero attached hydrogens (tertiary/aromatic N) is 2. The molecule has 4 nitrogen and oxygen atoms in total. The van der Waals surface area contributed by atoms with Crippen LogP contribution < -0.4 is 9.47 Å². The van der Waals surface area contributed by atoms with E-state index in [4.69, 9.17) is 21.1 Å². The van der Waals surface area contributed by atoms with E-state index in [1.807, 2.05) is 6.07 Å². The van der Waals surface area contributed by atoms with Crippen LogP contribution in [-0.4, -0.2) is 42.6 Å². The zero-order chi connectivity index (χ0) is 13.8. The number of rotatable bonds is 4. The van der Waals surface area contributed by atoms with Crippen molar-refractivity contribution in [3.05, 3.63) is 18.0 Å². The van der Waals surface area contributed by atoms with Crippen LogP contribution in [0, 0.1) is 5.92 Å². The van der Waals surface area contributed by atoms with Gasteiger partial charge in [0.1, 0.15) is 5.69 Å². The SMILES string of the molecule is COc1ccnc(CN2CCC(C)C(Cl)C2)c1OC. The smallest absolute Gasteiger partial charge is 0.183 e. The molecule has 1 aromatic heterocycles. The van der Waals surface area contributed by atoms with Crippen molar-refractivity contribution in [1.29, 1.82) is 0 Å². The second-order valence-electron chi connectivity index (χ2n) is 5.01. The number of ether oxygens (including phenoxy) is 2. The fourth-order valence-corrected chi connectivity index (χ4v) is 2.72. The molecule has 5 heteroatoms. The van der Waals surface area contributed by atoms with Crippen LogP contribution >= 0.6 is 11.6 Å². The maximum absolute atomic E-state index is 6.34. The van der Waals surface area contributed by atoms with Gasteiger partial charge in [0.15, 0.2) is 11.5 Å². The number of halogens is 1. The lowest BCUT2D eigenvalue weighted by molar-refractivity contribution is 0.185. The number of methoxy groups -OCH3 is 2. The van der Waals surface area contributed by atoms with Crippen molar-refractivity contribution < 1.29 is 9.47 Å². The van der Waals surface area contributed by atoms with E-state index in [0.29, 0.717) is 5.92 Å². The summed E-state index contributed by atoms with van der Waals surface area (Å²) in [6.45, 7) is 4.90. The van der Waals surface area contributed by atoms with Crippen LogP contribution in [0.3, 0.4) is 0 Å². The van der Waals surface area contributed by atoms with Crippen molar-refractivity contribution in [3.63, 3.8) is 0 Å². The van der Waals surface area contributed by atoms with E-state index in [-0.39, 0.29) is 5.38 Å². The average Bonchev–Trinajstić information content (AvgIpc) is 2.42. The Kier molecular flexibility index (Phi) is 4.88. The van der Waals surface area contributed by atoms with Gasteiger partial charge in [-0.15, -0.1) is 11.6 Å². The van der Waals surface area contributed by atoms with Gasteiger partial charge in [0.25, 0.3) is 0 Å². The van der Waals surface area contributed by atoms with Crippen LogP contribution in [0.5, 0.6) is 11.5 Å². The molecule has 0 saturated carbocycles. The molecule has 0 aromatic carbocycles. The normalized spacial score (nSPS) is 24.2. The van der Waals surface area contributed by atoms with E-state index in [2.05, 4.69) is 16.8 Å². The lowest BCUT2D eigenvalue weighted by Crippen LogP contribution is -2.40. The molecule has 1 aliphatic rings. The van der Waals surface area contributed by atoms with E-state index in [0.717, 1.165) is 43.2 Å². The van der Waals surface area contributed by atoms with Crippen LogP contribution in [0.4, 0.5) is 0 Å². The molecule has 2 heterocycles. The van der Waals surface area contributed by atoms with Gasteiger partial charge in [-0.1, -0.05) is 6.92 Å². The minimum Gasteiger partial charge on any atom is -0.493 e. The minimum atomic E-state index is 0.213. The highest BCUT2D eigenvalue weighted by Gasteiger charge is 2.25. The van der Waals surface area contributed by atoms with Crippen LogP contribution in [0.2, 0.25) is 0 Å². The van der Waals surface area contributed by atoms with Crippen molar-refractivity contribution in [2.75, 3.05) is 27.3 Å². The van der Waals surface area contributed by atoms with Crippen LogP contribution in [0.25, 0.3) is 0 Å². The number of pyridine rings is 1. The van der Waals surface area contributed by atoms with Crippen molar-refractivity contribution >= 4 is 11.6 Å². The highest BCUT2D eigenvalue weighted by molar-refractivity contribution is 6.21. The molecular formula is C14H21ClN2O2. The third kappa shape index (κ3) is 3.31. The molecule has 0 radical (unpaired) electrons. The molecule has 0 aliphatic carbocycles. The molecule has 2 atom stereocenters. The first-order valence-corrected chi connectivity index (χ1v) is 7.01. The molecule has 1 fully saturated rings. The molecule has 0 N–H and O–H groups in total. The summed E-state index contributed by atoms with van der Waals surface area (Å²) in [6.07, 6.45) is 2.88. The lowest BCUT2D eigenvalue weighted by Gasteiger charge is -2.33. The summed E-state index contributed by atoms with van der Waals surface area (Å²) in [5.74, 6) is 2.02. The number of aromatic nitrogens is 1. The Balaban J connectivity index is 2.11. The van der Waals surface area contributed by atoms with Gasteiger partial charge in [-0.2, -0.15) is 0 Å². The Labute approximate surface area is 119 Å². The predicted molar refractivity (Wildman–Crippen MR) is 76.0 cm³/mol. The zero-order valence-corrected chi connectivity index (χ0v) is 12.5. The molecule has 106 valence electrons. The number of hydrogen-bond donors (Lipinski definition) is 0. The Bertz CT molecular complexity index is 428. The van der Waals surface area contributed by atoms with Gasteiger partial charge in [0.05, 0.1) is 14.2 Å². The second-order valence-corrected chi connectivity index (χ2v) is 5.57. The standard InChI is InChI=1S/C14H21ClN2O2/c1-10-5-7-17(8-11(10)15)9-12-14(19-3)13(18-2)4-6-16-12/h4,6,10-11H,5,7-9H2,1-3H3. The fraction of sp³-hybridized carbons (Fsp3) is 0.643. The summed E-state index contributed by atoms with van der Waals surface area (Å²) in [5.41, 5.74) is 0.903. The van der Waals surface area contributed by atoms with Crippen LogP contribution in [-0.2, 0) is 6.54 Å². The van der Waals surface area contributed by atoms with Crippen molar-refractivity contribution in [1.82, 2.24) is 9.88 Å². The third-order valence-electron chi connectivity index (χ3n) is 3.69. The molecular weight excluding hydrogens is 264 g/mol. The largest absolute Gasteiger partial charge is 0.493 e. The maximum atomic E-state index is 6.34. The summed E-state index contributed by atoms with van der Waals surface area (Å²) in [5, 5.41) is 0.213. The Morgan fingerprint density at radius 3 is 2.84 bits per heavy atom. The van der Waals surface area contributed by atoms with Gasteiger partial charge in [0.2, 0.25) is 0 Å².